The third kappa shape index (κ3) is 3.83. The second kappa shape index (κ2) is 7.26. The lowest BCUT2D eigenvalue weighted by Gasteiger charge is -2.17. The SMILES string of the molecule is CC(=O)Nc1ccc(NC(=O)c2ccc(N3CCNC3=O)c(C)c2)cc1. The molecule has 0 aliphatic carbocycles. The fourth-order valence-corrected chi connectivity index (χ4v) is 2.84. The average molecular weight is 352 g/mol. The van der Waals surface area contributed by atoms with Gasteiger partial charge in [0.15, 0.2) is 0 Å². The van der Waals surface area contributed by atoms with Crippen molar-refractivity contribution in [3.63, 3.8) is 0 Å². The van der Waals surface area contributed by atoms with E-state index in [2.05, 4.69) is 16.0 Å². The zero-order chi connectivity index (χ0) is 18.7. The maximum Gasteiger partial charge on any atom is 0.322 e. The van der Waals surface area contributed by atoms with E-state index >= 15 is 0 Å². The van der Waals surface area contributed by atoms with Crippen molar-refractivity contribution >= 4 is 34.9 Å². The molecular formula is C19H20N4O3. The summed E-state index contributed by atoms with van der Waals surface area (Å²) in [6.07, 6.45) is 0. The Morgan fingerprint density at radius 1 is 1.04 bits per heavy atom. The van der Waals surface area contributed by atoms with Crippen LogP contribution in [0.2, 0.25) is 0 Å². The molecule has 134 valence electrons. The van der Waals surface area contributed by atoms with Crippen LogP contribution in [0.15, 0.2) is 42.5 Å². The van der Waals surface area contributed by atoms with Crippen LogP contribution in [0, 0.1) is 6.92 Å². The second-order valence-electron chi connectivity index (χ2n) is 6.10. The first-order chi connectivity index (χ1) is 12.4. The summed E-state index contributed by atoms with van der Waals surface area (Å²) in [5.41, 5.74) is 3.47. The summed E-state index contributed by atoms with van der Waals surface area (Å²) in [6.45, 7) is 4.55. The largest absolute Gasteiger partial charge is 0.336 e. The van der Waals surface area contributed by atoms with E-state index < -0.39 is 0 Å². The molecule has 2 aromatic rings. The molecule has 3 N–H and O–H groups in total. The molecule has 7 nitrogen and oxygen atoms in total. The molecule has 0 saturated carbocycles. The number of anilines is 3. The van der Waals surface area contributed by atoms with Crippen LogP contribution in [0.3, 0.4) is 0 Å². The maximum atomic E-state index is 12.5. The molecule has 1 fully saturated rings. The number of urea groups is 1. The van der Waals surface area contributed by atoms with Crippen molar-refractivity contribution in [2.75, 3.05) is 28.6 Å². The molecule has 1 saturated heterocycles. The predicted molar refractivity (Wildman–Crippen MR) is 101 cm³/mol. The molecular weight excluding hydrogens is 332 g/mol. The standard InChI is InChI=1S/C19H20N4O3/c1-12-11-14(3-8-17(12)23-10-9-20-19(23)26)18(25)22-16-6-4-15(5-7-16)21-13(2)24/h3-8,11H,9-10H2,1-2H3,(H,20,26)(H,21,24)(H,22,25). The minimum atomic E-state index is -0.238. The van der Waals surface area contributed by atoms with Gasteiger partial charge in [0.05, 0.1) is 0 Å². The minimum Gasteiger partial charge on any atom is -0.336 e. The monoisotopic (exact) mass is 352 g/mol. The number of hydrogen-bond donors (Lipinski definition) is 3. The summed E-state index contributed by atoms with van der Waals surface area (Å²) in [6, 6.07) is 12.0. The molecule has 1 aliphatic rings. The van der Waals surface area contributed by atoms with E-state index in [1.165, 1.54) is 6.92 Å². The lowest BCUT2D eigenvalue weighted by molar-refractivity contribution is -0.114. The van der Waals surface area contributed by atoms with Gasteiger partial charge in [-0.15, -0.1) is 0 Å². The van der Waals surface area contributed by atoms with Crippen LogP contribution < -0.4 is 20.9 Å². The summed E-state index contributed by atoms with van der Waals surface area (Å²) in [5.74, 6) is -0.387. The van der Waals surface area contributed by atoms with Crippen LogP contribution in [0.25, 0.3) is 0 Å². The van der Waals surface area contributed by atoms with Gasteiger partial charge in [-0.2, -0.15) is 0 Å². The number of amides is 4. The molecule has 0 radical (unpaired) electrons. The lowest BCUT2D eigenvalue weighted by atomic mass is 10.1. The summed E-state index contributed by atoms with van der Waals surface area (Å²) < 4.78 is 0. The number of nitrogens with zero attached hydrogens (tertiary/aromatic N) is 1. The van der Waals surface area contributed by atoms with Crippen molar-refractivity contribution in [2.24, 2.45) is 0 Å². The first kappa shape index (κ1) is 17.5. The topological polar surface area (TPSA) is 90.5 Å². The molecule has 2 aromatic carbocycles. The van der Waals surface area contributed by atoms with E-state index in [1.54, 1.807) is 47.4 Å². The Morgan fingerprint density at radius 2 is 1.69 bits per heavy atom. The van der Waals surface area contributed by atoms with Gasteiger partial charge in [-0.3, -0.25) is 14.5 Å². The molecule has 1 heterocycles. The van der Waals surface area contributed by atoms with Gasteiger partial charge in [-0.05, 0) is 55.0 Å². The van der Waals surface area contributed by atoms with Crippen molar-refractivity contribution < 1.29 is 14.4 Å². The van der Waals surface area contributed by atoms with Crippen LogP contribution in [0.5, 0.6) is 0 Å². The molecule has 1 aliphatic heterocycles. The van der Waals surface area contributed by atoms with Gasteiger partial charge in [-0.1, -0.05) is 0 Å². The van der Waals surface area contributed by atoms with Crippen LogP contribution in [0.4, 0.5) is 21.9 Å². The highest BCUT2D eigenvalue weighted by molar-refractivity contribution is 6.05. The third-order valence-corrected chi connectivity index (χ3v) is 4.07. The molecule has 0 spiro atoms. The molecule has 26 heavy (non-hydrogen) atoms. The van der Waals surface area contributed by atoms with Gasteiger partial charge >= 0.3 is 6.03 Å². The highest BCUT2D eigenvalue weighted by Gasteiger charge is 2.22. The van der Waals surface area contributed by atoms with E-state index in [9.17, 15) is 14.4 Å². The zero-order valence-corrected chi connectivity index (χ0v) is 14.6. The van der Waals surface area contributed by atoms with Gasteiger partial charge < -0.3 is 16.0 Å². The predicted octanol–water partition coefficient (Wildman–Crippen LogP) is 2.74. The Morgan fingerprint density at radius 3 is 2.23 bits per heavy atom. The number of nitrogens with one attached hydrogen (secondary N) is 3. The number of aryl methyl sites for hydroxylation is 1. The normalized spacial score (nSPS) is 13.3. The molecule has 0 aromatic heterocycles. The quantitative estimate of drug-likeness (QED) is 0.790. The van der Waals surface area contributed by atoms with Crippen LogP contribution in [-0.4, -0.2) is 30.9 Å². The van der Waals surface area contributed by atoms with Crippen molar-refractivity contribution in [1.82, 2.24) is 5.32 Å². The fourth-order valence-electron chi connectivity index (χ4n) is 2.84. The van der Waals surface area contributed by atoms with Crippen LogP contribution in [-0.2, 0) is 4.79 Å². The average Bonchev–Trinajstić information content (AvgIpc) is 3.02. The molecule has 7 heteroatoms. The molecule has 0 unspecified atom stereocenters. The molecule has 3 rings (SSSR count). The number of carbonyl (C=O) groups is 3. The van der Waals surface area contributed by atoms with Crippen molar-refractivity contribution in [3.05, 3.63) is 53.6 Å². The van der Waals surface area contributed by atoms with E-state index in [0.717, 1.165) is 11.3 Å². The van der Waals surface area contributed by atoms with Gasteiger partial charge in [0, 0.05) is 42.6 Å². The van der Waals surface area contributed by atoms with E-state index in [-0.39, 0.29) is 17.8 Å². The van der Waals surface area contributed by atoms with Crippen LogP contribution in [0.1, 0.15) is 22.8 Å². The van der Waals surface area contributed by atoms with Gasteiger partial charge in [0.25, 0.3) is 5.91 Å². The Balaban J connectivity index is 1.71. The summed E-state index contributed by atoms with van der Waals surface area (Å²) in [7, 11) is 0. The van der Waals surface area contributed by atoms with E-state index in [1.807, 2.05) is 6.92 Å². The van der Waals surface area contributed by atoms with E-state index in [0.29, 0.717) is 30.0 Å². The Labute approximate surface area is 151 Å². The number of benzene rings is 2. The summed E-state index contributed by atoms with van der Waals surface area (Å²) in [4.78, 5) is 36.9. The Hall–Kier alpha value is -3.35. The Kier molecular flexibility index (Phi) is 4.88. The minimum absolute atomic E-state index is 0.121. The fraction of sp³-hybridized carbons (Fsp3) is 0.211. The van der Waals surface area contributed by atoms with Gasteiger partial charge in [0.2, 0.25) is 5.91 Å². The molecule has 0 bridgehead atoms. The second-order valence-corrected chi connectivity index (χ2v) is 6.10. The highest BCUT2D eigenvalue weighted by atomic mass is 16.2. The van der Waals surface area contributed by atoms with Gasteiger partial charge in [0.1, 0.15) is 0 Å². The summed E-state index contributed by atoms with van der Waals surface area (Å²) in [5, 5.41) is 8.25. The lowest BCUT2D eigenvalue weighted by Crippen LogP contribution is -2.28. The highest BCUT2D eigenvalue weighted by Crippen LogP contribution is 2.23. The van der Waals surface area contributed by atoms with Gasteiger partial charge in [-0.25, -0.2) is 4.79 Å². The molecule has 0 atom stereocenters. The first-order valence-electron chi connectivity index (χ1n) is 8.29. The van der Waals surface area contributed by atoms with Crippen molar-refractivity contribution in [3.8, 4) is 0 Å². The van der Waals surface area contributed by atoms with E-state index in [4.69, 9.17) is 0 Å². The smallest absolute Gasteiger partial charge is 0.322 e. The zero-order valence-electron chi connectivity index (χ0n) is 14.6. The molecule has 4 amide bonds. The van der Waals surface area contributed by atoms with Crippen molar-refractivity contribution in [2.45, 2.75) is 13.8 Å². The Bertz CT molecular complexity index is 862. The number of carbonyl (C=O) groups excluding carboxylic acids is 3. The summed E-state index contributed by atoms with van der Waals surface area (Å²) >= 11 is 0. The first-order valence-corrected chi connectivity index (χ1v) is 8.29. The maximum absolute atomic E-state index is 12.5. The number of hydrogen-bond acceptors (Lipinski definition) is 3. The number of rotatable bonds is 4. The van der Waals surface area contributed by atoms with Crippen molar-refractivity contribution in [1.29, 1.82) is 0 Å². The van der Waals surface area contributed by atoms with Crippen LogP contribution >= 0.6 is 0 Å². The third-order valence-electron chi connectivity index (χ3n) is 4.07.